The van der Waals surface area contributed by atoms with Gasteiger partial charge in [0.2, 0.25) is 5.56 Å². The summed E-state index contributed by atoms with van der Waals surface area (Å²) in [5, 5.41) is 6.57. The van der Waals surface area contributed by atoms with Gasteiger partial charge in [0, 0.05) is 49.1 Å². The molecule has 0 saturated heterocycles. The van der Waals surface area contributed by atoms with Crippen LogP contribution in [0, 0.1) is 6.92 Å². The van der Waals surface area contributed by atoms with Gasteiger partial charge in [-0.05, 0) is 42.3 Å². The molecular formula is C23H21N5O3. The molecule has 0 spiro atoms. The molecule has 3 N–H and O–H groups in total. The summed E-state index contributed by atoms with van der Waals surface area (Å²) in [6, 6.07) is 13.4. The quantitative estimate of drug-likeness (QED) is 0.475. The van der Waals surface area contributed by atoms with Crippen LogP contribution in [0.25, 0.3) is 22.0 Å². The van der Waals surface area contributed by atoms with Crippen molar-refractivity contribution in [2.75, 3.05) is 17.7 Å². The van der Waals surface area contributed by atoms with E-state index in [4.69, 9.17) is 0 Å². The van der Waals surface area contributed by atoms with E-state index in [0.717, 1.165) is 16.5 Å². The Bertz CT molecular complexity index is 1440. The number of benzene rings is 1. The van der Waals surface area contributed by atoms with Gasteiger partial charge in [-0.25, -0.2) is 4.98 Å². The fourth-order valence-corrected chi connectivity index (χ4v) is 3.46. The Morgan fingerprint density at radius 1 is 1.06 bits per heavy atom. The van der Waals surface area contributed by atoms with E-state index in [9.17, 15) is 14.4 Å². The number of hydrogen-bond acceptors (Lipinski definition) is 5. The standard InChI is InChI=1S/C23H21N5O3/c1-13-7-8-15(26-22(30)18-5-4-6-21(29)27-18)10-16(13)17-9-14-12-25-20(24-2)11-19(14)28(3)23(17)31/h4-12H,1-3H3,(H,24,25)(H,26,30)(H,27,29). The SMILES string of the molecule is CNc1cc2c(cn1)cc(-c1cc(NC(=O)c3cccc(=O)[nH]3)ccc1C)c(=O)n2C. The van der Waals surface area contributed by atoms with E-state index in [2.05, 4.69) is 20.6 Å². The molecule has 1 amide bonds. The van der Waals surface area contributed by atoms with Crippen LogP contribution in [0.5, 0.6) is 0 Å². The van der Waals surface area contributed by atoms with Crippen LogP contribution in [-0.4, -0.2) is 27.5 Å². The Kier molecular flexibility index (Phi) is 5.12. The summed E-state index contributed by atoms with van der Waals surface area (Å²) in [7, 11) is 3.50. The first-order chi connectivity index (χ1) is 14.9. The molecule has 31 heavy (non-hydrogen) atoms. The van der Waals surface area contributed by atoms with Crippen molar-refractivity contribution < 1.29 is 4.79 Å². The molecule has 0 fully saturated rings. The summed E-state index contributed by atoms with van der Waals surface area (Å²) in [4.78, 5) is 43.9. The molecule has 4 aromatic rings. The Hall–Kier alpha value is -4.20. The van der Waals surface area contributed by atoms with Gasteiger partial charge in [-0.2, -0.15) is 0 Å². The maximum Gasteiger partial charge on any atom is 0.272 e. The highest BCUT2D eigenvalue weighted by molar-refractivity contribution is 6.03. The van der Waals surface area contributed by atoms with E-state index in [1.807, 2.05) is 25.1 Å². The van der Waals surface area contributed by atoms with E-state index in [1.54, 1.807) is 37.0 Å². The van der Waals surface area contributed by atoms with E-state index < -0.39 is 5.91 Å². The molecule has 0 unspecified atom stereocenters. The van der Waals surface area contributed by atoms with E-state index in [0.29, 0.717) is 22.6 Å². The summed E-state index contributed by atoms with van der Waals surface area (Å²) in [6.07, 6.45) is 1.72. The zero-order valence-electron chi connectivity index (χ0n) is 17.3. The van der Waals surface area contributed by atoms with Crippen molar-refractivity contribution in [1.29, 1.82) is 0 Å². The molecule has 3 aromatic heterocycles. The average Bonchev–Trinajstić information content (AvgIpc) is 2.77. The van der Waals surface area contributed by atoms with E-state index >= 15 is 0 Å². The number of aromatic amines is 1. The van der Waals surface area contributed by atoms with Crippen LogP contribution in [0.2, 0.25) is 0 Å². The number of carbonyl (C=O) groups is 1. The third-order valence-electron chi connectivity index (χ3n) is 5.16. The summed E-state index contributed by atoms with van der Waals surface area (Å²) >= 11 is 0. The Morgan fingerprint density at radius 3 is 2.61 bits per heavy atom. The first-order valence-corrected chi connectivity index (χ1v) is 9.66. The second kappa shape index (κ2) is 7.91. The first kappa shape index (κ1) is 20.1. The number of amides is 1. The highest BCUT2D eigenvalue weighted by atomic mass is 16.2. The monoisotopic (exact) mass is 415 g/mol. The van der Waals surface area contributed by atoms with Crippen molar-refractivity contribution in [3.63, 3.8) is 0 Å². The molecule has 156 valence electrons. The molecule has 3 heterocycles. The lowest BCUT2D eigenvalue weighted by atomic mass is 9.99. The zero-order valence-corrected chi connectivity index (χ0v) is 17.3. The van der Waals surface area contributed by atoms with Gasteiger partial charge >= 0.3 is 0 Å². The normalized spacial score (nSPS) is 10.8. The molecule has 0 saturated carbocycles. The summed E-state index contributed by atoms with van der Waals surface area (Å²) in [5.41, 5.74) is 3.04. The number of carbonyl (C=O) groups excluding carboxylic acids is 1. The number of rotatable bonds is 4. The minimum absolute atomic E-state index is 0.153. The van der Waals surface area contributed by atoms with Crippen LogP contribution in [-0.2, 0) is 7.05 Å². The number of aromatic nitrogens is 3. The second-order valence-corrected chi connectivity index (χ2v) is 7.21. The van der Waals surface area contributed by atoms with Gasteiger partial charge in [0.05, 0.1) is 5.52 Å². The number of fused-ring (bicyclic) bond motifs is 1. The molecule has 0 aliphatic carbocycles. The van der Waals surface area contributed by atoms with Crippen LogP contribution in [0.3, 0.4) is 0 Å². The molecule has 8 nitrogen and oxygen atoms in total. The van der Waals surface area contributed by atoms with Crippen LogP contribution < -0.4 is 21.8 Å². The van der Waals surface area contributed by atoms with E-state index in [1.165, 1.54) is 18.2 Å². The maximum absolute atomic E-state index is 13.1. The van der Waals surface area contributed by atoms with E-state index in [-0.39, 0.29) is 16.8 Å². The zero-order chi connectivity index (χ0) is 22.1. The van der Waals surface area contributed by atoms with Gasteiger partial charge in [0.15, 0.2) is 0 Å². The predicted octanol–water partition coefficient (Wildman–Crippen LogP) is 2.89. The third kappa shape index (κ3) is 3.83. The first-order valence-electron chi connectivity index (χ1n) is 9.66. The number of anilines is 2. The van der Waals surface area contributed by atoms with Gasteiger partial charge in [-0.1, -0.05) is 12.1 Å². The summed E-state index contributed by atoms with van der Waals surface area (Å²) < 4.78 is 1.59. The van der Waals surface area contributed by atoms with Gasteiger partial charge in [0.25, 0.3) is 11.5 Å². The lowest BCUT2D eigenvalue weighted by Crippen LogP contribution is -2.20. The molecular weight excluding hydrogens is 394 g/mol. The fourth-order valence-electron chi connectivity index (χ4n) is 3.46. The van der Waals surface area contributed by atoms with Crippen molar-refractivity contribution in [3.8, 4) is 11.1 Å². The summed E-state index contributed by atoms with van der Waals surface area (Å²) in [5.74, 6) is 0.234. The minimum Gasteiger partial charge on any atom is -0.373 e. The van der Waals surface area contributed by atoms with Crippen LogP contribution in [0.1, 0.15) is 16.1 Å². The molecule has 1 aromatic carbocycles. The molecule has 0 radical (unpaired) electrons. The van der Waals surface area contributed by atoms with Crippen molar-refractivity contribution in [2.45, 2.75) is 6.92 Å². The van der Waals surface area contributed by atoms with Gasteiger partial charge in [-0.3, -0.25) is 14.4 Å². The lowest BCUT2D eigenvalue weighted by Gasteiger charge is -2.13. The predicted molar refractivity (Wildman–Crippen MR) is 122 cm³/mol. The number of nitrogens with one attached hydrogen (secondary N) is 3. The van der Waals surface area contributed by atoms with Crippen molar-refractivity contribution >= 4 is 28.3 Å². The number of nitrogens with zero attached hydrogens (tertiary/aromatic N) is 2. The number of H-pyrrole nitrogens is 1. The Balaban J connectivity index is 1.77. The Morgan fingerprint density at radius 2 is 1.87 bits per heavy atom. The average molecular weight is 415 g/mol. The highest BCUT2D eigenvalue weighted by Gasteiger charge is 2.14. The van der Waals surface area contributed by atoms with Crippen LogP contribution in [0.15, 0.2) is 64.3 Å². The Labute approximate surface area is 177 Å². The maximum atomic E-state index is 13.1. The molecule has 0 bridgehead atoms. The molecule has 0 atom stereocenters. The van der Waals surface area contributed by atoms with Crippen LogP contribution in [0.4, 0.5) is 11.5 Å². The van der Waals surface area contributed by atoms with Gasteiger partial charge in [0.1, 0.15) is 11.5 Å². The summed E-state index contributed by atoms with van der Waals surface area (Å²) in [6.45, 7) is 1.90. The number of aryl methyl sites for hydroxylation is 2. The topological polar surface area (TPSA) is 109 Å². The van der Waals surface area contributed by atoms with Gasteiger partial charge < -0.3 is 20.2 Å². The fraction of sp³-hybridized carbons (Fsp3) is 0.130. The third-order valence-corrected chi connectivity index (χ3v) is 5.16. The molecule has 0 aliphatic heterocycles. The molecule has 4 rings (SSSR count). The van der Waals surface area contributed by atoms with Gasteiger partial charge in [-0.15, -0.1) is 0 Å². The molecule has 8 heteroatoms. The largest absolute Gasteiger partial charge is 0.373 e. The second-order valence-electron chi connectivity index (χ2n) is 7.21. The number of hydrogen-bond donors (Lipinski definition) is 3. The van der Waals surface area contributed by atoms with Crippen molar-refractivity contribution in [2.24, 2.45) is 7.05 Å². The lowest BCUT2D eigenvalue weighted by molar-refractivity contribution is 0.102. The molecule has 0 aliphatic rings. The van der Waals surface area contributed by atoms with Crippen LogP contribution >= 0.6 is 0 Å². The minimum atomic E-state index is -0.442. The van der Waals surface area contributed by atoms with Crippen molar-refractivity contribution in [3.05, 3.63) is 86.7 Å². The van der Waals surface area contributed by atoms with Crippen molar-refractivity contribution in [1.82, 2.24) is 14.5 Å². The smallest absolute Gasteiger partial charge is 0.272 e. The number of pyridine rings is 3. The highest BCUT2D eigenvalue weighted by Crippen LogP contribution is 2.27.